The second-order valence-electron chi connectivity index (χ2n) is 11.0. The molecule has 0 saturated heterocycles. The van der Waals surface area contributed by atoms with E-state index in [1.54, 1.807) is 24.4 Å². The number of pyridine rings is 1. The molecule has 2 aliphatic rings. The Bertz CT molecular complexity index is 1980. The zero-order chi connectivity index (χ0) is 34.3. The first-order valence-corrected chi connectivity index (χ1v) is 14.1. The predicted molar refractivity (Wildman–Crippen MR) is 162 cm³/mol. The number of aliphatic hydroxyl groups excluding tert-OH is 2. The summed E-state index contributed by atoms with van der Waals surface area (Å²) in [4.78, 5) is 53.9. The standard InChI is InChI=1S/C26H22F2N6O3.C4H6O6/c27-18-8-16-22(34(15-2-3-15)11-17(23(16)35)25(36)37)21(28)20(18)13-1-4-19-12(7-13)5-6-33(19)10-14-9-31-26(30)32-24(14)29;5-1(3(7)8)2(6)4(9)10/h1,4,7-9,11,15H,2-3,5-6,10H2,(H,36,37)(H4,29,30,31,32);1-2,5-6H,(H,7,8)(H,9,10). The Morgan fingerprint density at radius 2 is 1.68 bits per heavy atom. The predicted octanol–water partition coefficient (Wildman–Crippen LogP) is 1.37. The van der Waals surface area contributed by atoms with Crippen molar-refractivity contribution >= 4 is 46.3 Å². The Balaban J connectivity index is 0.000000378. The zero-order valence-electron chi connectivity index (χ0n) is 24.3. The number of nitrogen functional groups attached to an aromatic ring is 2. The summed E-state index contributed by atoms with van der Waals surface area (Å²) in [6.45, 7) is 1.13. The van der Waals surface area contributed by atoms with E-state index in [1.165, 1.54) is 10.8 Å². The number of nitrogens with zero attached hydrogens (tertiary/aromatic N) is 4. The average Bonchev–Trinajstić information content (AvgIpc) is 3.78. The fourth-order valence-corrected chi connectivity index (χ4v) is 5.32. The highest BCUT2D eigenvalue weighted by Gasteiger charge is 2.31. The van der Waals surface area contributed by atoms with E-state index < -0.39 is 52.7 Å². The van der Waals surface area contributed by atoms with Gasteiger partial charge in [-0.25, -0.2) is 28.1 Å². The van der Waals surface area contributed by atoms with E-state index in [-0.39, 0.29) is 28.5 Å². The highest BCUT2D eigenvalue weighted by Crippen LogP contribution is 2.41. The summed E-state index contributed by atoms with van der Waals surface area (Å²) in [5.74, 6) is -6.37. The molecule has 2 aromatic carbocycles. The van der Waals surface area contributed by atoms with Crippen molar-refractivity contribution in [2.45, 2.75) is 44.1 Å². The number of carboxylic acids is 3. The highest BCUT2D eigenvalue weighted by atomic mass is 19.1. The van der Waals surface area contributed by atoms with E-state index in [0.29, 0.717) is 30.9 Å². The minimum atomic E-state index is -2.27. The van der Waals surface area contributed by atoms with Gasteiger partial charge in [0.1, 0.15) is 17.2 Å². The maximum atomic E-state index is 16.0. The molecule has 2 atom stereocenters. The van der Waals surface area contributed by atoms with Gasteiger partial charge in [0.25, 0.3) is 0 Å². The zero-order valence-corrected chi connectivity index (χ0v) is 24.3. The third-order valence-corrected chi connectivity index (χ3v) is 7.82. The van der Waals surface area contributed by atoms with Crippen LogP contribution in [0.2, 0.25) is 0 Å². The van der Waals surface area contributed by atoms with Crippen LogP contribution in [-0.4, -0.2) is 76.7 Å². The molecule has 1 aliphatic carbocycles. The molecule has 0 bridgehead atoms. The number of carbonyl (C=O) groups is 3. The molecule has 6 rings (SSSR count). The fraction of sp³-hybridized carbons (Fsp3) is 0.267. The Labute approximate surface area is 262 Å². The van der Waals surface area contributed by atoms with Gasteiger partial charge >= 0.3 is 17.9 Å². The number of aliphatic carboxylic acids is 2. The molecule has 0 amide bonds. The number of aliphatic hydroxyl groups is 2. The van der Waals surface area contributed by atoms with Crippen molar-refractivity contribution < 1.29 is 48.7 Å². The van der Waals surface area contributed by atoms with Crippen molar-refractivity contribution in [3.05, 3.63) is 75.2 Å². The number of rotatable bonds is 8. The van der Waals surface area contributed by atoms with Gasteiger partial charge in [-0.05, 0) is 48.6 Å². The second kappa shape index (κ2) is 12.6. The lowest BCUT2D eigenvalue weighted by Crippen LogP contribution is -2.39. The normalized spacial score (nSPS) is 15.0. The first kappa shape index (κ1) is 32.7. The van der Waals surface area contributed by atoms with Crippen molar-refractivity contribution in [2.24, 2.45) is 0 Å². The summed E-state index contributed by atoms with van der Waals surface area (Å²) in [5, 5.41) is 41.7. The number of carboxylic acid groups (broad SMARTS) is 3. The molecule has 4 aromatic rings. The van der Waals surface area contributed by atoms with E-state index in [9.17, 15) is 24.3 Å². The molecule has 9 N–H and O–H groups in total. The van der Waals surface area contributed by atoms with Gasteiger partial charge in [0.05, 0.1) is 16.5 Å². The molecule has 246 valence electrons. The molecule has 17 heteroatoms. The van der Waals surface area contributed by atoms with Gasteiger partial charge in [0.2, 0.25) is 11.4 Å². The molecule has 0 radical (unpaired) electrons. The SMILES string of the molecule is Nc1ncc(CN2CCc3cc(-c4c(F)cc5c(=O)c(C(=O)O)cn(C6CC6)c5c4F)ccc32)c(N)n1.O=C(O)C(O)C(O)C(=O)O. The van der Waals surface area contributed by atoms with Crippen LogP contribution in [0.3, 0.4) is 0 Å². The Morgan fingerprint density at radius 3 is 2.26 bits per heavy atom. The number of hydrogen-bond donors (Lipinski definition) is 7. The van der Waals surface area contributed by atoms with Gasteiger partial charge in [0, 0.05) is 42.8 Å². The number of hydrogen-bond acceptors (Lipinski definition) is 11. The minimum absolute atomic E-state index is 0.0742. The number of halogens is 2. The number of nitrogens with two attached hydrogens (primary N) is 2. The second-order valence-corrected chi connectivity index (χ2v) is 11.0. The van der Waals surface area contributed by atoms with Crippen molar-refractivity contribution in [1.82, 2.24) is 14.5 Å². The van der Waals surface area contributed by atoms with Crippen molar-refractivity contribution in [2.75, 3.05) is 22.9 Å². The van der Waals surface area contributed by atoms with Crippen LogP contribution in [0.5, 0.6) is 0 Å². The lowest BCUT2D eigenvalue weighted by Gasteiger charge is -2.20. The van der Waals surface area contributed by atoms with Crippen molar-refractivity contribution in [3.63, 3.8) is 0 Å². The van der Waals surface area contributed by atoms with Crippen LogP contribution in [0, 0.1) is 11.6 Å². The lowest BCUT2D eigenvalue weighted by molar-refractivity contribution is -0.165. The smallest absolute Gasteiger partial charge is 0.341 e. The van der Waals surface area contributed by atoms with Crippen LogP contribution in [0.4, 0.5) is 26.2 Å². The quantitative estimate of drug-likeness (QED) is 0.142. The third kappa shape index (κ3) is 6.38. The maximum absolute atomic E-state index is 16.0. The van der Waals surface area contributed by atoms with Crippen LogP contribution in [0.15, 0.2) is 41.5 Å². The fourth-order valence-electron chi connectivity index (χ4n) is 5.32. The molecule has 1 saturated carbocycles. The van der Waals surface area contributed by atoms with E-state index in [1.807, 2.05) is 0 Å². The summed E-state index contributed by atoms with van der Waals surface area (Å²) in [6.07, 6.45) is 0.324. The number of aromatic nitrogens is 3. The Morgan fingerprint density at radius 1 is 1.02 bits per heavy atom. The molecule has 0 spiro atoms. The minimum Gasteiger partial charge on any atom is -0.479 e. The van der Waals surface area contributed by atoms with Crippen molar-refractivity contribution in [3.8, 4) is 11.1 Å². The van der Waals surface area contributed by atoms with Crippen LogP contribution in [0.25, 0.3) is 22.0 Å². The number of aromatic carboxylic acids is 1. The van der Waals surface area contributed by atoms with Gasteiger partial charge in [-0.15, -0.1) is 0 Å². The van der Waals surface area contributed by atoms with Gasteiger partial charge in [-0.3, -0.25) is 4.79 Å². The summed E-state index contributed by atoms with van der Waals surface area (Å²) < 4.78 is 32.8. The summed E-state index contributed by atoms with van der Waals surface area (Å²) in [6, 6.07) is 6.00. The summed E-state index contributed by atoms with van der Waals surface area (Å²) >= 11 is 0. The summed E-state index contributed by atoms with van der Waals surface area (Å²) in [5.41, 5.74) is 12.7. The lowest BCUT2D eigenvalue weighted by atomic mass is 9.98. The number of benzene rings is 2. The van der Waals surface area contributed by atoms with E-state index in [2.05, 4.69) is 14.9 Å². The van der Waals surface area contributed by atoms with Crippen LogP contribution >= 0.6 is 0 Å². The maximum Gasteiger partial charge on any atom is 0.341 e. The van der Waals surface area contributed by atoms with Crippen molar-refractivity contribution in [1.29, 1.82) is 0 Å². The largest absolute Gasteiger partial charge is 0.479 e. The summed E-state index contributed by atoms with van der Waals surface area (Å²) in [7, 11) is 0. The van der Waals surface area contributed by atoms with Crippen LogP contribution in [0.1, 0.15) is 40.4 Å². The molecule has 15 nitrogen and oxygen atoms in total. The highest BCUT2D eigenvalue weighted by molar-refractivity contribution is 5.94. The molecular weight excluding hydrogens is 626 g/mol. The first-order chi connectivity index (χ1) is 22.2. The van der Waals surface area contributed by atoms with Gasteiger partial charge in [-0.2, -0.15) is 4.98 Å². The van der Waals surface area contributed by atoms with Gasteiger partial charge < -0.3 is 46.5 Å². The molecule has 1 aliphatic heterocycles. The Hall–Kier alpha value is -5.68. The topological polar surface area (TPSA) is 255 Å². The van der Waals surface area contributed by atoms with E-state index >= 15 is 8.78 Å². The first-order valence-electron chi connectivity index (χ1n) is 14.1. The van der Waals surface area contributed by atoms with Crippen LogP contribution in [-0.2, 0) is 22.6 Å². The van der Waals surface area contributed by atoms with E-state index in [0.717, 1.165) is 35.7 Å². The number of fused-ring (bicyclic) bond motifs is 2. The Kier molecular flexibility index (Phi) is 8.77. The number of anilines is 3. The molecular formula is C30H28F2N6O9. The molecule has 3 heterocycles. The third-order valence-electron chi connectivity index (χ3n) is 7.82. The van der Waals surface area contributed by atoms with Crippen LogP contribution < -0.4 is 21.8 Å². The monoisotopic (exact) mass is 654 g/mol. The van der Waals surface area contributed by atoms with E-state index in [4.69, 9.17) is 31.9 Å². The average molecular weight is 655 g/mol. The molecule has 2 aromatic heterocycles. The van der Waals surface area contributed by atoms with Gasteiger partial charge in [-0.1, -0.05) is 6.07 Å². The molecule has 2 unspecified atom stereocenters. The van der Waals surface area contributed by atoms with Gasteiger partial charge in [0.15, 0.2) is 18.0 Å². The molecule has 47 heavy (non-hydrogen) atoms. The molecule has 1 fully saturated rings.